The van der Waals surface area contributed by atoms with Crippen LogP contribution in [0.15, 0.2) is 162 Å². The van der Waals surface area contributed by atoms with E-state index in [1.807, 2.05) is 12.3 Å². The van der Waals surface area contributed by atoms with Gasteiger partial charge in [0.05, 0.1) is 5.69 Å². The molecule has 0 heterocycles. The Morgan fingerprint density at radius 1 is 0.706 bits per heavy atom. The van der Waals surface area contributed by atoms with Crippen LogP contribution < -0.4 is 29.2 Å². The molecule has 1 atom stereocenters. The molecule has 0 saturated carbocycles. The van der Waals surface area contributed by atoms with Crippen molar-refractivity contribution in [2.24, 2.45) is 4.99 Å². The Bertz CT molecular complexity index is 1900. The third kappa shape index (κ3) is 14.0. The van der Waals surface area contributed by atoms with Crippen LogP contribution in [0.4, 0.5) is 5.69 Å². The van der Waals surface area contributed by atoms with E-state index in [4.69, 9.17) is 23.6 Å². The number of aryl methyl sites for hydroxylation is 1. The summed E-state index contributed by atoms with van der Waals surface area (Å²) in [7, 11) is -1.48. The zero-order chi connectivity index (χ0) is 35.9. The Labute approximate surface area is 318 Å². The van der Waals surface area contributed by atoms with E-state index < -0.39 is 18.2 Å². The van der Waals surface area contributed by atoms with Gasteiger partial charge in [0.1, 0.15) is 0 Å². The van der Waals surface area contributed by atoms with Crippen molar-refractivity contribution in [3.05, 3.63) is 180 Å². The number of nitrogens with zero attached hydrogens (tertiary/aromatic N) is 2. The average molecular weight is 810 g/mol. The zero-order valence-corrected chi connectivity index (χ0v) is 32.0. The van der Waals surface area contributed by atoms with Gasteiger partial charge in [-0.15, -0.1) is 32.6 Å². The van der Waals surface area contributed by atoms with Gasteiger partial charge in [0.15, 0.2) is 0 Å². The number of benzene rings is 6. The van der Waals surface area contributed by atoms with Crippen LogP contribution in [0.25, 0.3) is 16.8 Å². The Morgan fingerprint density at radius 3 is 1.73 bits per heavy atom. The minimum Gasteiger partial charge on any atom is -0.305 e. The largest absolute Gasteiger partial charge is 2.00 e. The molecule has 264 valence electrons. The number of rotatable bonds is 8. The summed E-state index contributed by atoms with van der Waals surface area (Å²) < 4.78 is 34.0. The molecule has 6 rings (SSSR count). The summed E-state index contributed by atoms with van der Waals surface area (Å²) in [6.07, 6.45) is 4.31. The molecule has 0 saturated heterocycles. The van der Waals surface area contributed by atoms with Gasteiger partial charge in [-0.2, -0.15) is 18.2 Å². The van der Waals surface area contributed by atoms with Crippen LogP contribution in [0.2, 0.25) is 0 Å². The first-order chi connectivity index (χ1) is 24.0. The molecule has 0 spiro atoms. The van der Waals surface area contributed by atoms with Crippen LogP contribution >= 0.6 is 7.92 Å². The summed E-state index contributed by atoms with van der Waals surface area (Å²) in [6, 6.07) is 56.7. The van der Waals surface area contributed by atoms with E-state index in [0.29, 0.717) is 6.04 Å². The van der Waals surface area contributed by atoms with Crippen molar-refractivity contribution in [1.29, 1.82) is 0 Å². The summed E-state index contributed by atoms with van der Waals surface area (Å²) in [5.41, 5.74) is 4.67. The van der Waals surface area contributed by atoms with Gasteiger partial charge in [-0.1, -0.05) is 127 Å². The Hall–Kier alpha value is -3.83. The number of hydrogen-bond acceptors (Lipinski definition) is 6. The van der Waals surface area contributed by atoms with Crippen LogP contribution in [0.3, 0.4) is 0 Å². The van der Waals surface area contributed by atoms with E-state index in [2.05, 4.69) is 191 Å². The van der Waals surface area contributed by atoms with Gasteiger partial charge in [0.2, 0.25) is 0 Å². The second kappa shape index (κ2) is 20.9. The fraction of sp³-hybridized carbons (Fsp3) is 0.119. The molecule has 51 heavy (non-hydrogen) atoms. The van der Waals surface area contributed by atoms with Gasteiger partial charge in [-0.3, -0.25) is 4.99 Å². The van der Waals surface area contributed by atoms with Crippen molar-refractivity contribution in [3.8, 4) is 0 Å². The van der Waals surface area contributed by atoms with E-state index in [9.17, 15) is 0 Å². The monoisotopic (exact) mass is 808 g/mol. The molecule has 0 amide bonds. The minimum atomic E-state index is -4.94. The maximum absolute atomic E-state index is 8.49. The van der Waals surface area contributed by atoms with Gasteiger partial charge < -0.3 is 4.90 Å². The zero-order valence-electron chi connectivity index (χ0n) is 28.8. The number of fused-ring (bicyclic) bond motifs is 1. The summed E-state index contributed by atoms with van der Waals surface area (Å²) in [4.78, 5) is 7.05. The first kappa shape index (κ1) is 41.6. The van der Waals surface area contributed by atoms with E-state index in [0.717, 1.165) is 5.69 Å². The molecule has 6 aromatic carbocycles. The molecule has 0 aliphatic heterocycles. The molecule has 9 heteroatoms. The summed E-state index contributed by atoms with van der Waals surface area (Å²) in [5, 5.41) is 6.45. The second-order valence-electron chi connectivity index (χ2n) is 11.6. The fourth-order valence-electron chi connectivity index (χ4n) is 5.04. The van der Waals surface area contributed by atoms with Crippen molar-refractivity contribution in [2.45, 2.75) is 19.9 Å². The Morgan fingerprint density at radius 2 is 1.20 bits per heavy atom. The molecule has 0 aliphatic rings. The molecule has 0 aromatic heterocycles. The summed E-state index contributed by atoms with van der Waals surface area (Å²) >= 11 is 0. The van der Waals surface area contributed by atoms with Gasteiger partial charge in [0, 0.05) is 17.6 Å². The van der Waals surface area contributed by atoms with Crippen LogP contribution in [-0.4, -0.2) is 25.2 Å². The van der Waals surface area contributed by atoms with Gasteiger partial charge >= 0.3 is 20.4 Å². The van der Waals surface area contributed by atoms with Crippen molar-refractivity contribution < 1.29 is 49.3 Å². The van der Waals surface area contributed by atoms with Crippen molar-refractivity contribution in [1.82, 2.24) is 4.90 Å². The third-order valence-corrected chi connectivity index (χ3v) is 10.1. The molecule has 0 bridgehead atoms. The number of aliphatic imine (C=N–C) groups is 1. The van der Waals surface area contributed by atoms with Crippen LogP contribution in [0.1, 0.15) is 29.7 Å². The number of halogens is 1. The quantitative estimate of drug-likeness (QED) is 0.0890. The Balaban J connectivity index is 0.000000279. The minimum absolute atomic E-state index is 0. The third-order valence-electron chi connectivity index (χ3n) is 7.73. The number of hydrogen-bond donors (Lipinski definition) is 0. The molecular formula is C42H40ClN2O4PPd. The molecule has 6 aromatic rings. The predicted octanol–water partition coefficient (Wildman–Crippen LogP) is 5.38. The first-order valence-corrected chi connectivity index (χ1v) is 18.5. The number of allylic oxidation sites excluding steroid dienone is 1. The topological polar surface area (TPSA) is 108 Å². The van der Waals surface area contributed by atoms with E-state index >= 15 is 0 Å². The second-order valence-corrected chi connectivity index (χ2v) is 14.6. The molecular weight excluding hydrogens is 769 g/mol. The van der Waals surface area contributed by atoms with E-state index in [1.165, 1.54) is 43.4 Å². The fourth-order valence-corrected chi connectivity index (χ4v) is 7.33. The van der Waals surface area contributed by atoms with Gasteiger partial charge in [-0.05, 0) is 70.2 Å². The maximum atomic E-state index is 8.49. The van der Waals surface area contributed by atoms with Crippen molar-refractivity contribution in [3.63, 3.8) is 0 Å². The van der Waals surface area contributed by atoms with Crippen molar-refractivity contribution >= 4 is 47.3 Å². The molecule has 0 N–H and O–H groups in total. The summed E-state index contributed by atoms with van der Waals surface area (Å²) in [6.45, 7) is 4.30. The van der Waals surface area contributed by atoms with Crippen molar-refractivity contribution in [2.75, 3.05) is 14.1 Å². The standard InChI is InChI=1S/C28H24NP.C14H16N.ClHO4.Pd/c1-23-17-19-25(20-18-23)29-22-28(21-24-11-5-2-6-12-24)30(26-13-7-3-8-14-26)27-15-9-4-10-16-27;1-11(15(2)3)13-10-6-8-12-7-4-5-9-14(12)13;2-1(3,4)5;/h2-22H,1H3;4-9,11H,1-3H3;(H,2,3,4,5);/q;-1;;+2/p-1/b28-21+,29-22?;;;/t;11-;;/m.0../s1. The average Bonchev–Trinajstić information content (AvgIpc) is 3.12. The summed E-state index contributed by atoms with van der Waals surface area (Å²) in [5.74, 6) is 0. The smallest absolute Gasteiger partial charge is 0.305 e. The molecule has 0 fully saturated rings. The van der Waals surface area contributed by atoms with Gasteiger partial charge in [-0.25, -0.2) is 18.6 Å². The predicted molar refractivity (Wildman–Crippen MR) is 198 cm³/mol. The molecule has 0 unspecified atom stereocenters. The van der Waals surface area contributed by atoms with Crippen LogP contribution in [0, 0.1) is 23.2 Å². The maximum Gasteiger partial charge on any atom is 2.00 e. The van der Waals surface area contributed by atoms with Gasteiger partial charge in [0.25, 0.3) is 0 Å². The normalized spacial score (nSPS) is 12.1. The van der Waals surface area contributed by atoms with Crippen LogP contribution in [0.5, 0.6) is 0 Å². The SMILES string of the molecule is C[C@@H](c1[c-]ccc2ccccc12)N(C)C.Cc1ccc(N=C/C(=C\c2ccccc2)P(c2ccccc2)c2ccccc2)cc1.[O-][Cl+3]([O-])([O-])[O-].[Pd+2]. The molecule has 0 radical (unpaired) electrons. The molecule has 0 aliphatic carbocycles. The van der Waals surface area contributed by atoms with Crippen LogP contribution in [-0.2, 0) is 20.4 Å². The first-order valence-electron chi connectivity index (χ1n) is 15.9. The Kier molecular flexibility index (Phi) is 17.0. The van der Waals surface area contributed by atoms with E-state index in [-0.39, 0.29) is 20.4 Å². The molecule has 6 nitrogen and oxygen atoms in total. The van der Waals surface area contributed by atoms with E-state index in [1.54, 1.807) is 0 Å².